The summed E-state index contributed by atoms with van der Waals surface area (Å²) in [6.45, 7) is 0. The van der Waals surface area contributed by atoms with Crippen LogP contribution in [0.2, 0.25) is 10.0 Å². The van der Waals surface area contributed by atoms with Crippen LogP contribution < -0.4 is 4.74 Å². The standard InChI is InChI=1S/C14H9BrCl2O2/c1-19-13-3-2-8(6-12(13)15)14(18)9-4-10(16)7-11(17)5-9/h2-7H,1H3. The average molecular weight is 360 g/mol. The molecule has 0 atom stereocenters. The van der Waals surface area contributed by atoms with Crippen molar-refractivity contribution in [3.05, 3.63) is 62.0 Å². The van der Waals surface area contributed by atoms with Gasteiger partial charge in [-0.25, -0.2) is 0 Å². The molecule has 0 spiro atoms. The summed E-state index contributed by atoms with van der Waals surface area (Å²) >= 11 is 15.1. The highest BCUT2D eigenvalue weighted by molar-refractivity contribution is 9.10. The van der Waals surface area contributed by atoms with Crippen LogP contribution in [0.5, 0.6) is 5.75 Å². The topological polar surface area (TPSA) is 26.3 Å². The number of rotatable bonds is 3. The zero-order valence-corrected chi connectivity index (χ0v) is 13.0. The van der Waals surface area contributed by atoms with Crippen LogP contribution in [-0.4, -0.2) is 12.9 Å². The minimum atomic E-state index is -0.146. The predicted octanol–water partition coefficient (Wildman–Crippen LogP) is 5.00. The Bertz CT molecular complexity index is 621. The Balaban J connectivity index is 2.41. The lowest BCUT2D eigenvalue weighted by Gasteiger charge is -2.06. The maximum Gasteiger partial charge on any atom is 0.193 e. The summed E-state index contributed by atoms with van der Waals surface area (Å²) in [4.78, 5) is 12.3. The molecule has 2 nitrogen and oxygen atoms in total. The van der Waals surface area contributed by atoms with Crippen LogP contribution in [-0.2, 0) is 0 Å². The summed E-state index contributed by atoms with van der Waals surface area (Å²) in [5.74, 6) is 0.522. The highest BCUT2D eigenvalue weighted by atomic mass is 79.9. The van der Waals surface area contributed by atoms with Crippen molar-refractivity contribution in [1.29, 1.82) is 0 Å². The Kier molecular flexibility index (Phi) is 4.50. The van der Waals surface area contributed by atoms with Crippen molar-refractivity contribution in [3.8, 4) is 5.75 Å². The van der Waals surface area contributed by atoms with Crippen molar-refractivity contribution >= 4 is 44.9 Å². The molecular weight excluding hydrogens is 351 g/mol. The van der Waals surface area contributed by atoms with Gasteiger partial charge in [0.2, 0.25) is 0 Å². The maximum absolute atomic E-state index is 12.3. The van der Waals surface area contributed by atoms with Crippen molar-refractivity contribution in [2.24, 2.45) is 0 Å². The van der Waals surface area contributed by atoms with Gasteiger partial charge in [-0.2, -0.15) is 0 Å². The van der Waals surface area contributed by atoms with Gasteiger partial charge in [0.05, 0.1) is 11.6 Å². The van der Waals surface area contributed by atoms with E-state index in [0.29, 0.717) is 31.4 Å². The zero-order valence-electron chi connectivity index (χ0n) is 9.91. The van der Waals surface area contributed by atoms with Crippen molar-refractivity contribution in [2.75, 3.05) is 7.11 Å². The van der Waals surface area contributed by atoms with E-state index in [1.54, 1.807) is 43.5 Å². The molecule has 0 fully saturated rings. The lowest BCUT2D eigenvalue weighted by molar-refractivity contribution is 0.103. The fourth-order valence-electron chi connectivity index (χ4n) is 1.66. The molecule has 0 unspecified atom stereocenters. The Morgan fingerprint density at radius 3 is 2.21 bits per heavy atom. The highest BCUT2D eigenvalue weighted by Crippen LogP contribution is 2.27. The summed E-state index contributed by atoms with van der Waals surface area (Å²) in [7, 11) is 1.57. The van der Waals surface area contributed by atoms with Crippen molar-refractivity contribution in [2.45, 2.75) is 0 Å². The van der Waals surface area contributed by atoms with Gasteiger partial charge >= 0.3 is 0 Å². The first kappa shape index (κ1) is 14.4. The summed E-state index contributed by atoms with van der Waals surface area (Å²) in [6.07, 6.45) is 0. The number of hydrogen-bond donors (Lipinski definition) is 0. The highest BCUT2D eigenvalue weighted by Gasteiger charge is 2.12. The molecule has 0 aliphatic carbocycles. The second-order valence-electron chi connectivity index (χ2n) is 3.84. The van der Waals surface area contributed by atoms with E-state index in [1.807, 2.05) is 0 Å². The number of methoxy groups -OCH3 is 1. The van der Waals surface area contributed by atoms with Crippen molar-refractivity contribution in [1.82, 2.24) is 0 Å². The molecule has 0 bridgehead atoms. The molecule has 0 heterocycles. The molecule has 0 radical (unpaired) electrons. The molecule has 5 heteroatoms. The monoisotopic (exact) mass is 358 g/mol. The fourth-order valence-corrected chi connectivity index (χ4v) is 2.73. The third kappa shape index (κ3) is 3.30. The van der Waals surface area contributed by atoms with Crippen LogP contribution in [0.25, 0.3) is 0 Å². The van der Waals surface area contributed by atoms with E-state index in [9.17, 15) is 4.79 Å². The first-order valence-electron chi connectivity index (χ1n) is 5.35. The zero-order chi connectivity index (χ0) is 14.0. The van der Waals surface area contributed by atoms with Gasteiger partial charge in [-0.1, -0.05) is 23.2 Å². The van der Waals surface area contributed by atoms with Gasteiger partial charge in [0.15, 0.2) is 5.78 Å². The lowest BCUT2D eigenvalue weighted by Crippen LogP contribution is -2.01. The lowest BCUT2D eigenvalue weighted by atomic mass is 10.0. The largest absolute Gasteiger partial charge is 0.496 e. The van der Waals surface area contributed by atoms with Gasteiger partial charge in [-0.3, -0.25) is 4.79 Å². The predicted molar refractivity (Wildman–Crippen MR) is 80.6 cm³/mol. The fraction of sp³-hybridized carbons (Fsp3) is 0.0714. The molecule has 2 rings (SSSR count). The van der Waals surface area contributed by atoms with Gasteiger partial charge in [-0.15, -0.1) is 0 Å². The molecule has 0 saturated carbocycles. The van der Waals surface area contributed by atoms with Crippen LogP contribution in [0.3, 0.4) is 0 Å². The van der Waals surface area contributed by atoms with E-state index >= 15 is 0 Å². The van der Waals surface area contributed by atoms with Gasteiger partial charge < -0.3 is 4.74 Å². The summed E-state index contributed by atoms with van der Waals surface area (Å²) in [5.41, 5.74) is 0.987. The Morgan fingerprint density at radius 2 is 1.68 bits per heavy atom. The molecule has 0 saturated heterocycles. The van der Waals surface area contributed by atoms with Gasteiger partial charge in [0.25, 0.3) is 0 Å². The number of benzene rings is 2. The molecule has 0 aromatic heterocycles. The second-order valence-corrected chi connectivity index (χ2v) is 5.56. The third-order valence-corrected chi connectivity index (χ3v) is 3.59. The van der Waals surface area contributed by atoms with E-state index < -0.39 is 0 Å². The van der Waals surface area contributed by atoms with E-state index in [4.69, 9.17) is 27.9 Å². The minimum absolute atomic E-state index is 0.146. The Morgan fingerprint density at radius 1 is 1.05 bits per heavy atom. The van der Waals surface area contributed by atoms with E-state index in [0.717, 1.165) is 0 Å². The van der Waals surface area contributed by atoms with Crippen LogP contribution in [0.15, 0.2) is 40.9 Å². The molecule has 2 aromatic rings. The number of ether oxygens (including phenoxy) is 1. The number of carbonyl (C=O) groups excluding carboxylic acids is 1. The van der Waals surface area contributed by atoms with Crippen LogP contribution in [0, 0.1) is 0 Å². The van der Waals surface area contributed by atoms with Gasteiger partial charge in [0.1, 0.15) is 5.75 Å². The number of hydrogen-bond acceptors (Lipinski definition) is 2. The van der Waals surface area contributed by atoms with Crippen LogP contribution >= 0.6 is 39.1 Å². The molecule has 0 aliphatic heterocycles. The molecule has 98 valence electrons. The quantitative estimate of drug-likeness (QED) is 0.721. The van der Waals surface area contributed by atoms with Gasteiger partial charge in [0, 0.05) is 21.2 Å². The summed E-state index contributed by atoms with van der Waals surface area (Å²) in [6, 6.07) is 9.89. The smallest absolute Gasteiger partial charge is 0.193 e. The maximum atomic E-state index is 12.3. The van der Waals surface area contributed by atoms with Crippen molar-refractivity contribution < 1.29 is 9.53 Å². The number of halogens is 3. The number of carbonyl (C=O) groups is 1. The second kappa shape index (κ2) is 5.95. The SMILES string of the molecule is COc1ccc(C(=O)c2cc(Cl)cc(Cl)c2)cc1Br. The van der Waals surface area contributed by atoms with Gasteiger partial charge in [-0.05, 0) is 52.3 Å². The molecule has 0 N–H and O–H groups in total. The number of ketones is 1. The van der Waals surface area contributed by atoms with Crippen molar-refractivity contribution in [3.63, 3.8) is 0 Å². The third-order valence-electron chi connectivity index (χ3n) is 2.54. The Labute approximate surface area is 129 Å². The average Bonchev–Trinajstić information content (AvgIpc) is 2.36. The minimum Gasteiger partial charge on any atom is -0.496 e. The summed E-state index contributed by atoms with van der Waals surface area (Å²) < 4.78 is 5.84. The molecule has 0 aliphatic rings. The summed E-state index contributed by atoms with van der Waals surface area (Å²) in [5, 5.41) is 0.867. The first-order chi connectivity index (χ1) is 9.01. The molecule has 19 heavy (non-hydrogen) atoms. The Hall–Kier alpha value is -1.03. The van der Waals surface area contributed by atoms with E-state index in [2.05, 4.69) is 15.9 Å². The van der Waals surface area contributed by atoms with Crippen LogP contribution in [0.4, 0.5) is 0 Å². The first-order valence-corrected chi connectivity index (χ1v) is 6.90. The molecule has 0 amide bonds. The molecule has 2 aromatic carbocycles. The van der Waals surface area contributed by atoms with E-state index in [1.165, 1.54) is 0 Å². The van der Waals surface area contributed by atoms with Crippen LogP contribution in [0.1, 0.15) is 15.9 Å². The molecular formula is C14H9BrCl2O2. The van der Waals surface area contributed by atoms with E-state index in [-0.39, 0.29) is 5.78 Å². The normalized spacial score (nSPS) is 10.3.